The van der Waals surface area contributed by atoms with Gasteiger partial charge in [-0.15, -0.1) is 0 Å². The van der Waals surface area contributed by atoms with Crippen LogP contribution in [0.3, 0.4) is 0 Å². The van der Waals surface area contributed by atoms with Crippen molar-refractivity contribution in [2.24, 2.45) is 0 Å². The largest absolute Gasteiger partial charge is 0.466 e. The van der Waals surface area contributed by atoms with E-state index < -0.39 is 22.8 Å². The molecule has 1 N–H and O–H groups in total. The molecule has 1 aliphatic heterocycles. The predicted molar refractivity (Wildman–Crippen MR) is 135 cm³/mol. The Morgan fingerprint density at radius 2 is 1.51 bits per heavy atom. The van der Waals surface area contributed by atoms with Crippen LogP contribution in [0.4, 0.5) is 5.69 Å². The summed E-state index contributed by atoms with van der Waals surface area (Å²) in [6, 6.07) is 5.96. The summed E-state index contributed by atoms with van der Waals surface area (Å²) in [5.74, 6) is -1.98. The summed E-state index contributed by atoms with van der Waals surface area (Å²) in [6.45, 7) is 5.94. The molecule has 0 fully saturated rings. The number of nitrogens with one attached hydrogen (secondary N) is 1. The minimum atomic E-state index is -0.834. The number of hydrogen-bond donors (Lipinski definition) is 1. The lowest BCUT2D eigenvalue weighted by Gasteiger charge is -2.30. The second-order valence-corrected chi connectivity index (χ2v) is 8.94. The average molecular weight is 487 g/mol. The fourth-order valence-electron chi connectivity index (χ4n) is 4.45. The zero-order valence-corrected chi connectivity index (χ0v) is 21.4. The summed E-state index contributed by atoms with van der Waals surface area (Å²) < 4.78 is 10.6. The molecule has 1 aromatic rings. The Bertz CT molecular complexity index is 966. The molecule has 1 unspecified atom stereocenters. The quantitative estimate of drug-likeness (QED) is 0.147. The fourth-order valence-corrected chi connectivity index (χ4v) is 4.45. The van der Waals surface area contributed by atoms with Crippen LogP contribution in [0.15, 0.2) is 46.8 Å². The normalized spacial score (nSPS) is 15.6. The molecule has 192 valence electrons. The predicted octanol–water partition coefficient (Wildman–Crippen LogP) is 6.08. The van der Waals surface area contributed by atoms with Crippen molar-refractivity contribution >= 4 is 17.6 Å². The first-order valence-electron chi connectivity index (χ1n) is 12.5. The number of non-ortho nitro benzene ring substituents is 1. The van der Waals surface area contributed by atoms with Crippen LogP contribution in [-0.2, 0) is 19.1 Å². The zero-order chi connectivity index (χ0) is 25.8. The molecule has 2 rings (SSSR count). The topological polar surface area (TPSA) is 108 Å². The Morgan fingerprint density at radius 1 is 0.943 bits per heavy atom. The van der Waals surface area contributed by atoms with Crippen LogP contribution < -0.4 is 5.32 Å². The molecule has 0 aromatic heterocycles. The molecular weight excluding hydrogens is 448 g/mol. The third-order valence-electron chi connectivity index (χ3n) is 6.28. The molecular formula is C27H38N2O6. The number of nitro groups is 1. The number of nitrogens with zero attached hydrogens (tertiary/aromatic N) is 1. The number of dihydropyridines is 1. The van der Waals surface area contributed by atoms with Crippen molar-refractivity contribution in [3.8, 4) is 0 Å². The minimum Gasteiger partial charge on any atom is -0.466 e. The molecule has 1 aromatic carbocycles. The highest BCUT2D eigenvalue weighted by molar-refractivity contribution is 5.99. The number of rotatable bonds is 14. The van der Waals surface area contributed by atoms with Crippen molar-refractivity contribution in [1.29, 1.82) is 0 Å². The molecule has 8 heteroatoms. The summed E-state index contributed by atoms with van der Waals surface area (Å²) in [5.41, 5.74) is 1.89. The van der Waals surface area contributed by atoms with Gasteiger partial charge in [-0.1, -0.05) is 70.4 Å². The Hall–Kier alpha value is -3.16. The Kier molecular flexibility index (Phi) is 11.5. The maximum absolute atomic E-state index is 13.2. The van der Waals surface area contributed by atoms with Crippen molar-refractivity contribution in [1.82, 2.24) is 5.32 Å². The van der Waals surface area contributed by atoms with Gasteiger partial charge in [0.15, 0.2) is 0 Å². The Morgan fingerprint density at radius 3 is 2.09 bits per heavy atom. The molecule has 0 aliphatic carbocycles. The third-order valence-corrected chi connectivity index (χ3v) is 6.28. The van der Waals surface area contributed by atoms with Crippen molar-refractivity contribution in [2.45, 2.75) is 84.5 Å². The van der Waals surface area contributed by atoms with Crippen LogP contribution >= 0.6 is 0 Å². The van der Waals surface area contributed by atoms with Gasteiger partial charge in [0.25, 0.3) is 5.69 Å². The Balaban J connectivity index is 2.11. The molecule has 0 amide bonds. The highest BCUT2D eigenvalue weighted by Gasteiger charge is 2.38. The number of unbranched alkanes of at least 4 members (excludes halogenated alkanes) is 8. The van der Waals surface area contributed by atoms with Gasteiger partial charge in [-0.25, -0.2) is 9.59 Å². The molecule has 1 heterocycles. The van der Waals surface area contributed by atoms with E-state index in [1.165, 1.54) is 57.8 Å². The lowest BCUT2D eigenvalue weighted by atomic mass is 9.80. The van der Waals surface area contributed by atoms with E-state index in [-0.39, 0.29) is 23.4 Å². The van der Waals surface area contributed by atoms with Crippen LogP contribution in [0, 0.1) is 10.1 Å². The van der Waals surface area contributed by atoms with Crippen molar-refractivity contribution in [2.75, 3.05) is 13.7 Å². The van der Waals surface area contributed by atoms with Crippen molar-refractivity contribution < 1.29 is 24.0 Å². The highest BCUT2D eigenvalue weighted by atomic mass is 16.6. The van der Waals surface area contributed by atoms with Crippen molar-refractivity contribution in [3.63, 3.8) is 0 Å². The van der Waals surface area contributed by atoms with Crippen LogP contribution in [0.25, 0.3) is 0 Å². The smallest absolute Gasteiger partial charge is 0.336 e. The Labute approximate surface area is 207 Å². The summed E-state index contributed by atoms with van der Waals surface area (Å²) in [6.07, 6.45) is 10.4. The molecule has 0 saturated carbocycles. The van der Waals surface area contributed by atoms with Gasteiger partial charge in [0.1, 0.15) is 0 Å². The van der Waals surface area contributed by atoms with Gasteiger partial charge in [0.05, 0.1) is 35.7 Å². The molecule has 1 aliphatic rings. The van der Waals surface area contributed by atoms with E-state index in [2.05, 4.69) is 12.2 Å². The fraction of sp³-hybridized carbons (Fsp3) is 0.556. The van der Waals surface area contributed by atoms with Gasteiger partial charge in [-0.3, -0.25) is 10.1 Å². The zero-order valence-electron chi connectivity index (χ0n) is 21.4. The van der Waals surface area contributed by atoms with E-state index in [9.17, 15) is 19.7 Å². The second kappa shape index (κ2) is 14.3. The molecule has 8 nitrogen and oxygen atoms in total. The molecule has 35 heavy (non-hydrogen) atoms. The summed E-state index contributed by atoms with van der Waals surface area (Å²) in [7, 11) is 1.26. The van der Waals surface area contributed by atoms with Crippen LogP contribution in [-0.4, -0.2) is 30.6 Å². The van der Waals surface area contributed by atoms with Gasteiger partial charge < -0.3 is 14.8 Å². The van der Waals surface area contributed by atoms with Crippen LogP contribution in [0.2, 0.25) is 0 Å². The SMILES string of the molecule is CCCCCCCCCCCOC(=O)C1=C(C)NC(C)=C(C(=O)OC)C1c1cccc([N+](=O)[O-])c1. The van der Waals surface area contributed by atoms with Crippen LogP contribution in [0.1, 0.15) is 90.0 Å². The van der Waals surface area contributed by atoms with E-state index in [0.29, 0.717) is 17.0 Å². The first-order chi connectivity index (χ1) is 16.8. The highest BCUT2D eigenvalue weighted by Crippen LogP contribution is 2.40. The average Bonchev–Trinajstić information content (AvgIpc) is 2.84. The molecule has 0 saturated heterocycles. The van der Waals surface area contributed by atoms with Gasteiger partial charge >= 0.3 is 11.9 Å². The van der Waals surface area contributed by atoms with E-state index in [1.807, 2.05) is 0 Å². The van der Waals surface area contributed by atoms with E-state index >= 15 is 0 Å². The molecule has 1 atom stereocenters. The van der Waals surface area contributed by atoms with E-state index in [1.54, 1.807) is 26.0 Å². The molecule has 0 spiro atoms. The van der Waals surface area contributed by atoms with Crippen LogP contribution in [0.5, 0.6) is 0 Å². The van der Waals surface area contributed by atoms with Gasteiger partial charge in [0, 0.05) is 23.5 Å². The number of carbonyl (C=O) groups excluding carboxylic acids is 2. The number of carbonyl (C=O) groups is 2. The summed E-state index contributed by atoms with van der Waals surface area (Å²) >= 11 is 0. The van der Waals surface area contributed by atoms with Gasteiger partial charge in [-0.05, 0) is 25.8 Å². The van der Waals surface area contributed by atoms with E-state index in [0.717, 1.165) is 19.3 Å². The van der Waals surface area contributed by atoms with Gasteiger partial charge in [0.2, 0.25) is 0 Å². The van der Waals surface area contributed by atoms with Gasteiger partial charge in [-0.2, -0.15) is 0 Å². The maximum Gasteiger partial charge on any atom is 0.336 e. The third kappa shape index (κ3) is 7.94. The summed E-state index contributed by atoms with van der Waals surface area (Å²) in [5, 5.41) is 14.4. The number of esters is 2. The first-order valence-corrected chi connectivity index (χ1v) is 12.5. The lowest BCUT2D eigenvalue weighted by Crippen LogP contribution is -2.32. The molecule has 0 radical (unpaired) electrons. The van der Waals surface area contributed by atoms with E-state index in [4.69, 9.17) is 9.47 Å². The maximum atomic E-state index is 13.2. The number of methoxy groups -OCH3 is 1. The number of hydrogen-bond acceptors (Lipinski definition) is 7. The second-order valence-electron chi connectivity index (χ2n) is 8.94. The number of ether oxygens (including phenoxy) is 2. The number of benzene rings is 1. The standard InChI is InChI=1S/C27H38N2O6/c1-5-6-7-8-9-10-11-12-13-17-35-27(31)24-20(3)28-19(2)23(26(30)34-4)25(24)21-15-14-16-22(18-21)29(32)33/h14-16,18,25,28H,5-13,17H2,1-4H3. The minimum absolute atomic E-state index is 0.122. The first kappa shape index (κ1) is 28.1. The van der Waals surface area contributed by atoms with Crippen molar-refractivity contribution in [3.05, 3.63) is 62.5 Å². The summed E-state index contributed by atoms with van der Waals surface area (Å²) in [4.78, 5) is 36.7. The lowest BCUT2D eigenvalue weighted by molar-refractivity contribution is -0.384. The monoisotopic (exact) mass is 486 g/mol. The number of nitro benzene ring substituents is 1. The number of allylic oxidation sites excluding steroid dienone is 2. The molecule has 0 bridgehead atoms.